The van der Waals surface area contributed by atoms with E-state index in [9.17, 15) is 9.18 Å². The Kier molecular flexibility index (Phi) is 4.30. The number of pyridine rings is 1. The lowest BCUT2D eigenvalue weighted by atomic mass is 10.2. The van der Waals surface area contributed by atoms with Crippen molar-refractivity contribution >= 4 is 34.1 Å². The molecule has 0 aliphatic heterocycles. The van der Waals surface area contributed by atoms with Crippen LogP contribution in [0.3, 0.4) is 0 Å². The monoisotopic (exact) mass is 352 g/mol. The van der Waals surface area contributed by atoms with Crippen LogP contribution in [0.15, 0.2) is 35.4 Å². The Balaban J connectivity index is 2.44. The molecular formula is C15H11Cl2FN4O. The zero-order valence-electron chi connectivity index (χ0n) is 11.8. The zero-order chi connectivity index (χ0) is 16.6. The Morgan fingerprint density at radius 3 is 2.65 bits per heavy atom. The van der Waals surface area contributed by atoms with Crippen molar-refractivity contribution in [3.63, 3.8) is 0 Å². The average molecular weight is 353 g/mol. The van der Waals surface area contributed by atoms with E-state index in [-0.39, 0.29) is 22.6 Å². The first-order valence-electron chi connectivity index (χ1n) is 6.73. The van der Waals surface area contributed by atoms with Crippen LogP contribution in [0.2, 0.25) is 10.0 Å². The highest BCUT2D eigenvalue weighted by atomic mass is 35.5. The van der Waals surface area contributed by atoms with Crippen LogP contribution in [0, 0.1) is 5.82 Å². The van der Waals surface area contributed by atoms with Gasteiger partial charge in [0, 0.05) is 12.5 Å². The van der Waals surface area contributed by atoms with Crippen LogP contribution in [0.4, 0.5) is 4.39 Å². The third-order valence-corrected chi connectivity index (χ3v) is 3.93. The molecule has 0 saturated carbocycles. The third kappa shape index (κ3) is 2.81. The number of nitrogens with two attached hydrogens (primary N) is 1. The highest BCUT2D eigenvalue weighted by molar-refractivity contribution is 6.39. The Morgan fingerprint density at radius 2 is 1.96 bits per heavy atom. The summed E-state index contributed by atoms with van der Waals surface area (Å²) in [5.41, 5.74) is 5.70. The fourth-order valence-electron chi connectivity index (χ4n) is 2.35. The molecule has 118 valence electrons. The van der Waals surface area contributed by atoms with Crippen molar-refractivity contribution in [3.05, 3.63) is 62.6 Å². The number of rotatable bonds is 3. The number of fused-ring (bicyclic) bond motifs is 1. The van der Waals surface area contributed by atoms with Crippen LogP contribution < -0.4 is 11.3 Å². The molecule has 0 saturated heterocycles. The molecule has 8 heteroatoms. The topological polar surface area (TPSA) is 73.8 Å². The van der Waals surface area contributed by atoms with Crippen molar-refractivity contribution in [2.45, 2.75) is 6.42 Å². The molecule has 0 aliphatic carbocycles. The third-order valence-electron chi connectivity index (χ3n) is 3.31. The lowest BCUT2D eigenvalue weighted by molar-refractivity contribution is 0.618. The molecule has 0 fully saturated rings. The van der Waals surface area contributed by atoms with Crippen LogP contribution >= 0.6 is 23.2 Å². The fourth-order valence-corrected chi connectivity index (χ4v) is 2.78. The molecule has 3 rings (SSSR count). The highest BCUT2D eigenvalue weighted by Gasteiger charge is 2.17. The molecule has 3 aromatic rings. The number of halogens is 3. The average Bonchev–Trinajstić information content (AvgIpc) is 2.51. The highest BCUT2D eigenvalue weighted by Crippen LogP contribution is 2.26. The minimum atomic E-state index is -0.564. The molecule has 0 radical (unpaired) electrons. The summed E-state index contributed by atoms with van der Waals surface area (Å²) >= 11 is 12.3. The minimum Gasteiger partial charge on any atom is -0.330 e. The number of hydrogen-bond acceptors (Lipinski definition) is 4. The van der Waals surface area contributed by atoms with Crippen molar-refractivity contribution in [2.24, 2.45) is 5.73 Å². The molecule has 2 heterocycles. The predicted molar refractivity (Wildman–Crippen MR) is 87.9 cm³/mol. The molecule has 2 N–H and O–H groups in total. The van der Waals surface area contributed by atoms with Crippen molar-refractivity contribution in [1.29, 1.82) is 0 Å². The van der Waals surface area contributed by atoms with E-state index in [1.54, 1.807) is 6.07 Å². The number of nitrogens with zero attached hydrogens (tertiary/aromatic N) is 3. The first-order valence-corrected chi connectivity index (χ1v) is 7.49. The maximum Gasteiger partial charge on any atom is 0.267 e. The summed E-state index contributed by atoms with van der Waals surface area (Å²) in [5.74, 6) is -0.202. The Labute approximate surface area is 140 Å². The van der Waals surface area contributed by atoms with E-state index < -0.39 is 11.4 Å². The molecule has 0 amide bonds. The van der Waals surface area contributed by atoms with Crippen molar-refractivity contribution < 1.29 is 4.39 Å². The first kappa shape index (κ1) is 15.9. The molecule has 0 atom stereocenters. The van der Waals surface area contributed by atoms with Gasteiger partial charge >= 0.3 is 0 Å². The molecule has 0 aliphatic rings. The lowest BCUT2D eigenvalue weighted by Crippen LogP contribution is -2.26. The fraction of sp³-hybridized carbons (Fsp3) is 0.133. The van der Waals surface area contributed by atoms with E-state index in [2.05, 4.69) is 9.97 Å². The van der Waals surface area contributed by atoms with Crippen molar-refractivity contribution in [1.82, 2.24) is 14.5 Å². The van der Waals surface area contributed by atoms with E-state index in [1.165, 1.54) is 22.9 Å². The van der Waals surface area contributed by atoms with E-state index in [0.29, 0.717) is 22.8 Å². The summed E-state index contributed by atoms with van der Waals surface area (Å²) in [7, 11) is 0. The van der Waals surface area contributed by atoms with E-state index in [4.69, 9.17) is 28.9 Å². The van der Waals surface area contributed by atoms with Crippen molar-refractivity contribution in [3.8, 4) is 5.69 Å². The van der Waals surface area contributed by atoms with Gasteiger partial charge < -0.3 is 5.73 Å². The number of aromatic nitrogens is 3. The van der Waals surface area contributed by atoms with Gasteiger partial charge in [0.05, 0.1) is 39.0 Å². The molecule has 0 bridgehead atoms. The normalized spacial score (nSPS) is 11.1. The molecule has 2 aromatic heterocycles. The lowest BCUT2D eigenvalue weighted by Gasteiger charge is -2.14. The Morgan fingerprint density at radius 1 is 1.22 bits per heavy atom. The second-order valence-corrected chi connectivity index (χ2v) is 5.64. The van der Waals surface area contributed by atoms with E-state index in [0.717, 1.165) is 6.20 Å². The zero-order valence-corrected chi connectivity index (χ0v) is 13.3. The summed E-state index contributed by atoms with van der Waals surface area (Å²) in [6.07, 6.45) is 2.73. The minimum absolute atomic E-state index is 0.171. The van der Waals surface area contributed by atoms with Crippen LogP contribution in [0.25, 0.3) is 16.6 Å². The first-order chi connectivity index (χ1) is 11.0. The molecule has 0 unspecified atom stereocenters. The van der Waals surface area contributed by atoms with Crippen LogP contribution in [-0.2, 0) is 6.42 Å². The van der Waals surface area contributed by atoms with Gasteiger partial charge in [-0.2, -0.15) is 0 Å². The summed E-state index contributed by atoms with van der Waals surface area (Å²) < 4.78 is 14.7. The Hall–Kier alpha value is -2.02. The molecule has 1 aromatic carbocycles. The summed E-state index contributed by atoms with van der Waals surface area (Å²) in [6, 6.07) is 4.28. The maximum atomic E-state index is 13.5. The number of hydrogen-bond donors (Lipinski definition) is 1. The maximum absolute atomic E-state index is 13.5. The second-order valence-electron chi connectivity index (χ2n) is 4.82. The van der Waals surface area contributed by atoms with Crippen molar-refractivity contribution in [2.75, 3.05) is 6.54 Å². The van der Waals surface area contributed by atoms with E-state index in [1.807, 2.05) is 0 Å². The largest absolute Gasteiger partial charge is 0.330 e. The number of benzene rings is 1. The second kappa shape index (κ2) is 6.23. The summed E-state index contributed by atoms with van der Waals surface area (Å²) in [4.78, 5) is 21.1. The van der Waals surface area contributed by atoms with Crippen LogP contribution in [0.5, 0.6) is 0 Å². The van der Waals surface area contributed by atoms with Gasteiger partial charge in [0.1, 0.15) is 11.6 Å². The quantitative estimate of drug-likeness (QED) is 0.786. The Bertz CT molecular complexity index is 958. The molecular weight excluding hydrogens is 342 g/mol. The SMILES string of the molecule is NCCc1nc2c(Cl)ccc(Cl)c2c(=O)n1-c1cncc(F)c1. The van der Waals surface area contributed by atoms with Gasteiger partial charge in [0.15, 0.2) is 0 Å². The smallest absolute Gasteiger partial charge is 0.267 e. The molecule has 5 nitrogen and oxygen atoms in total. The van der Waals surface area contributed by atoms with Gasteiger partial charge in [0.25, 0.3) is 5.56 Å². The standard InChI is InChI=1S/C15H11Cl2FN4O/c16-10-1-2-11(17)14-13(10)15(23)22(12(21-14)3-4-19)9-5-8(18)6-20-7-9/h1-2,5-7H,3-4,19H2. The molecule has 23 heavy (non-hydrogen) atoms. The van der Waals surface area contributed by atoms with Gasteiger partial charge in [0.2, 0.25) is 0 Å². The van der Waals surface area contributed by atoms with E-state index >= 15 is 0 Å². The van der Waals surface area contributed by atoms with Gasteiger partial charge in [-0.05, 0) is 18.7 Å². The van der Waals surface area contributed by atoms with Gasteiger partial charge in [-0.25, -0.2) is 9.37 Å². The predicted octanol–water partition coefficient (Wildman–Crippen LogP) is 2.73. The summed E-state index contributed by atoms with van der Waals surface area (Å²) in [6.45, 7) is 0.263. The van der Waals surface area contributed by atoms with Gasteiger partial charge in [-0.15, -0.1) is 0 Å². The van der Waals surface area contributed by atoms with Gasteiger partial charge in [-0.3, -0.25) is 14.3 Å². The molecule has 0 spiro atoms. The van der Waals surface area contributed by atoms with Crippen LogP contribution in [-0.4, -0.2) is 21.1 Å². The van der Waals surface area contributed by atoms with Crippen LogP contribution in [0.1, 0.15) is 5.82 Å². The summed E-state index contributed by atoms with van der Waals surface area (Å²) in [5, 5.41) is 0.702. The van der Waals surface area contributed by atoms with Gasteiger partial charge in [-0.1, -0.05) is 23.2 Å².